The monoisotopic (exact) mass is 275 g/mol. The van der Waals surface area contributed by atoms with Crippen LogP contribution in [0.5, 0.6) is 0 Å². The van der Waals surface area contributed by atoms with Crippen LogP contribution in [0.1, 0.15) is 32.8 Å². The quantitative estimate of drug-likeness (QED) is 0.878. The van der Waals surface area contributed by atoms with Gasteiger partial charge in [-0.25, -0.2) is 4.52 Å². The van der Waals surface area contributed by atoms with Gasteiger partial charge < -0.3 is 10.6 Å². The normalized spacial score (nSPS) is 12.1. The zero-order chi connectivity index (χ0) is 14.8. The first-order valence-electron chi connectivity index (χ1n) is 7.23. The highest BCUT2D eigenvalue weighted by atomic mass is 15.4. The number of hydrogen-bond acceptors (Lipinski definition) is 4. The van der Waals surface area contributed by atoms with Crippen molar-refractivity contribution >= 4 is 11.6 Å². The summed E-state index contributed by atoms with van der Waals surface area (Å²) in [6.07, 6.45) is 3.02. The van der Waals surface area contributed by atoms with E-state index in [0.717, 1.165) is 31.1 Å². The van der Waals surface area contributed by atoms with Crippen molar-refractivity contribution in [3.05, 3.63) is 23.9 Å². The Hall–Kier alpha value is -1.62. The van der Waals surface area contributed by atoms with Crippen molar-refractivity contribution in [2.24, 2.45) is 11.1 Å². The van der Waals surface area contributed by atoms with Crippen LogP contribution in [0.15, 0.2) is 18.3 Å². The van der Waals surface area contributed by atoms with Gasteiger partial charge in [0.1, 0.15) is 0 Å². The van der Waals surface area contributed by atoms with E-state index >= 15 is 0 Å². The molecular weight excluding hydrogens is 250 g/mol. The lowest BCUT2D eigenvalue weighted by Gasteiger charge is -2.30. The molecule has 0 spiro atoms. The molecule has 5 heteroatoms. The summed E-state index contributed by atoms with van der Waals surface area (Å²) in [7, 11) is 0. The Balaban J connectivity index is 2.31. The summed E-state index contributed by atoms with van der Waals surface area (Å²) in [6.45, 7) is 11.1. The van der Waals surface area contributed by atoms with Crippen LogP contribution in [0.25, 0.3) is 5.65 Å². The minimum absolute atomic E-state index is 0.0581. The SMILES string of the molecule is CCCN(CC(C)(C)CN)c1nc2cc(C)ccn2n1. The molecule has 0 aliphatic heterocycles. The molecule has 5 nitrogen and oxygen atoms in total. The molecule has 2 aromatic rings. The Kier molecular flexibility index (Phi) is 4.28. The van der Waals surface area contributed by atoms with Crippen molar-refractivity contribution in [2.45, 2.75) is 34.1 Å². The van der Waals surface area contributed by atoms with Crippen LogP contribution in [-0.2, 0) is 0 Å². The second-order valence-corrected chi connectivity index (χ2v) is 6.21. The molecule has 110 valence electrons. The number of fused-ring (bicyclic) bond motifs is 1. The van der Waals surface area contributed by atoms with Crippen molar-refractivity contribution in [2.75, 3.05) is 24.5 Å². The van der Waals surface area contributed by atoms with Crippen molar-refractivity contribution in [1.82, 2.24) is 14.6 Å². The van der Waals surface area contributed by atoms with Crippen LogP contribution in [-0.4, -0.2) is 34.2 Å². The maximum atomic E-state index is 5.85. The molecule has 2 aromatic heterocycles. The third-order valence-electron chi connectivity index (χ3n) is 3.43. The Morgan fingerprint density at radius 3 is 2.80 bits per heavy atom. The fourth-order valence-corrected chi connectivity index (χ4v) is 2.21. The Morgan fingerprint density at radius 1 is 1.40 bits per heavy atom. The maximum absolute atomic E-state index is 5.85. The molecule has 0 atom stereocenters. The van der Waals surface area contributed by atoms with E-state index in [2.05, 4.69) is 48.7 Å². The maximum Gasteiger partial charge on any atom is 0.245 e. The zero-order valence-electron chi connectivity index (χ0n) is 12.9. The summed E-state index contributed by atoms with van der Waals surface area (Å²) in [4.78, 5) is 6.88. The van der Waals surface area contributed by atoms with Gasteiger partial charge in [0, 0.05) is 19.3 Å². The Labute approximate surface area is 120 Å². The van der Waals surface area contributed by atoms with E-state index in [4.69, 9.17) is 5.73 Å². The van der Waals surface area contributed by atoms with Gasteiger partial charge >= 0.3 is 0 Å². The van der Waals surface area contributed by atoms with E-state index in [1.807, 2.05) is 16.8 Å². The van der Waals surface area contributed by atoms with Crippen LogP contribution < -0.4 is 10.6 Å². The number of anilines is 1. The molecule has 2 rings (SSSR count). The first kappa shape index (κ1) is 14.8. The van der Waals surface area contributed by atoms with Crippen LogP contribution in [0, 0.1) is 12.3 Å². The van der Waals surface area contributed by atoms with Gasteiger partial charge in [-0.1, -0.05) is 20.8 Å². The fraction of sp³-hybridized carbons (Fsp3) is 0.600. The van der Waals surface area contributed by atoms with Crippen LogP contribution in [0.2, 0.25) is 0 Å². The van der Waals surface area contributed by atoms with Gasteiger partial charge in [-0.05, 0) is 43.0 Å². The van der Waals surface area contributed by atoms with Gasteiger partial charge in [0.25, 0.3) is 0 Å². The van der Waals surface area contributed by atoms with Gasteiger partial charge in [-0.15, -0.1) is 5.10 Å². The number of hydrogen-bond donors (Lipinski definition) is 1. The lowest BCUT2D eigenvalue weighted by Crippen LogP contribution is -2.39. The third kappa shape index (κ3) is 3.28. The van der Waals surface area contributed by atoms with Crippen molar-refractivity contribution in [3.8, 4) is 0 Å². The van der Waals surface area contributed by atoms with Crippen molar-refractivity contribution in [1.29, 1.82) is 0 Å². The van der Waals surface area contributed by atoms with E-state index in [0.29, 0.717) is 6.54 Å². The number of aryl methyl sites for hydroxylation is 1. The minimum Gasteiger partial charge on any atom is -0.339 e. The summed E-state index contributed by atoms with van der Waals surface area (Å²) in [5.41, 5.74) is 8.00. The molecule has 0 saturated heterocycles. The molecule has 0 unspecified atom stereocenters. The molecule has 0 fully saturated rings. The summed E-state index contributed by atoms with van der Waals surface area (Å²) in [6, 6.07) is 4.09. The van der Waals surface area contributed by atoms with Crippen LogP contribution in [0.3, 0.4) is 0 Å². The van der Waals surface area contributed by atoms with Gasteiger partial charge in [0.05, 0.1) is 0 Å². The number of rotatable bonds is 6. The smallest absolute Gasteiger partial charge is 0.245 e. The minimum atomic E-state index is 0.0581. The van der Waals surface area contributed by atoms with Crippen LogP contribution in [0.4, 0.5) is 5.95 Å². The highest BCUT2D eigenvalue weighted by Crippen LogP contribution is 2.20. The average Bonchev–Trinajstić information content (AvgIpc) is 2.81. The highest BCUT2D eigenvalue weighted by Gasteiger charge is 2.22. The van der Waals surface area contributed by atoms with Crippen molar-refractivity contribution in [3.63, 3.8) is 0 Å². The number of pyridine rings is 1. The molecule has 0 aliphatic carbocycles. The van der Waals surface area contributed by atoms with E-state index < -0.39 is 0 Å². The molecule has 0 radical (unpaired) electrons. The van der Waals surface area contributed by atoms with E-state index in [1.54, 1.807) is 0 Å². The zero-order valence-corrected chi connectivity index (χ0v) is 12.9. The topological polar surface area (TPSA) is 59.5 Å². The molecule has 0 aliphatic rings. The highest BCUT2D eigenvalue weighted by molar-refractivity contribution is 5.46. The summed E-state index contributed by atoms with van der Waals surface area (Å²) < 4.78 is 1.83. The van der Waals surface area contributed by atoms with Gasteiger partial charge in [0.15, 0.2) is 5.65 Å². The van der Waals surface area contributed by atoms with Gasteiger partial charge in [0.2, 0.25) is 5.95 Å². The molecule has 0 saturated carbocycles. The van der Waals surface area contributed by atoms with E-state index in [1.165, 1.54) is 5.56 Å². The predicted octanol–water partition coefficient (Wildman–Crippen LogP) is 2.24. The summed E-state index contributed by atoms with van der Waals surface area (Å²) in [5.74, 6) is 0.791. The molecule has 0 aromatic carbocycles. The number of nitrogens with two attached hydrogens (primary N) is 1. The first-order valence-corrected chi connectivity index (χ1v) is 7.23. The fourth-order valence-electron chi connectivity index (χ4n) is 2.21. The predicted molar refractivity (Wildman–Crippen MR) is 83.1 cm³/mol. The second-order valence-electron chi connectivity index (χ2n) is 6.21. The Bertz CT molecular complexity index is 573. The average molecular weight is 275 g/mol. The molecule has 2 N–H and O–H groups in total. The van der Waals surface area contributed by atoms with Gasteiger partial charge in [-0.2, -0.15) is 4.98 Å². The Morgan fingerprint density at radius 2 is 2.15 bits per heavy atom. The lowest BCUT2D eigenvalue weighted by molar-refractivity contribution is 0.375. The molecule has 0 amide bonds. The molecular formula is C15H25N5. The third-order valence-corrected chi connectivity index (χ3v) is 3.43. The van der Waals surface area contributed by atoms with Gasteiger partial charge in [-0.3, -0.25) is 0 Å². The molecule has 20 heavy (non-hydrogen) atoms. The summed E-state index contributed by atoms with van der Waals surface area (Å²) in [5, 5.41) is 4.58. The van der Waals surface area contributed by atoms with Crippen LogP contribution >= 0.6 is 0 Å². The van der Waals surface area contributed by atoms with Crippen molar-refractivity contribution < 1.29 is 0 Å². The first-order chi connectivity index (χ1) is 9.45. The standard InChI is InChI=1S/C15H25N5/c1-5-7-19(11-15(3,4)10-16)14-17-13-9-12(2)6-8-20(13)18-14/h6,8-9H,5,7,10-11,16H2,1-4H3. The second kappa shape index (κ2) is 5.79. The summed E-state index contributed by atoms with van der Waals surface area (Å²) >= 11 is 0. The van der Waals surface area contributed by atoms with E-state index in [-0.39, 0.29) is 5.41 Å². The molecule has 2 heterocycles. The largest absolute Gasteiger partial charge is 0.339 e. The number of nitrogens with zero attached hydrogens (tertiary/aromatic N) is 4. The lowest BCUT2D eigenvalue weighted by atomic mass is 9.93. The number of aromatic nitrogens is 3. The van der Waals surface area contributed by atoms with E-state index in [9.17, 15) is 0 Å². The molecule has 0 bridgehead atoms.